The predicted molar refractivity (Wildman–Crippen MR) is 87.7 cm³/mol. The minimum Gasteiger partial charge on any atom is -0.296 e. The predicted octanol–water partition coefficient (Wildman–Crippen LogP) is 2.79. The maximum absolute atomic E-state index is 12.0. The van der Waals surface area contributed by atoms with Crippen LogP contribution in [-0.4, -0.2) is 26.3 Å². The molecule has 7 heteroatoms. The van der Waals surface area contributed by atoms with Gasteiger partial charge in [0.15, 0.2) is 10.8 Å². The van der Waals surface area contributed by atoms with Crippen molar-refractivity contribution in [3.63, 3.8) is 0 Å². The number of hydrogen-bond donors (Lipinski definition) is 2. The summed E-state index contributed by atoms with van der Waals surface area (Å²) >= 11 is 1.56. The summed E-state index contributed by atoms with van der Waals surface area (Å²) in [6, 6.07) is 10.6. The van der Waals surface area contributed by atoms with Gasteiger partial charge in [0.1, 0.15) is 0 Å². The summed E-state index contributed by atoms with van der Waals surface area (Å²) in [7, 11) is 0. The monoisotopic (exact) mass is 325 g/mol. The number of aryl methyl sites for hydroxylation is 1. The SMILES string of the molecule is O=C(Nc1nc2c(s1)CC(c1ccccc1)CC2)c1cn[nH]n1. The molecule has 0 fully saturated rings. The highest BCUT2D eigenvalue weighted by Gasteiger charge is 2.24. The second-order valence-electron chi connectivity index (χ2n) is 5.55. The summed E-state index contributed by atoms with van der Waals surface area (Å²) in [5.74, 6) is 0.243. The molecule has 0 bridgehead atoms. The molecule has 0 spiro atoms. The lowest BCUT2D eigenvalue weighted by atomic mass is 9.85. The molecule has 3 aromatic rings. The molecule has 2 aromatic heterocycles. The van der Waals surface area contributed by atoms with E-state index in [1.807, 2.05) is 6.07 Å². The second kappa shape index (κ2) is 5.92. The van der Waals surface area contributed by atoms with Crippen molar-refractivity contribution < 1.29 is 4.79 Å². The molecule has 1 aliphatic rings. The van der Waals surface area contributed by atoms with E-state index in [1.54, 1.807) is 11.3 Å². The molecule has 23 heavy (non-hydrogen) atoms. The molecular weight excluding hydrogens is 310 g/mol. The number of nitrogens with zero attached hydrogens (tertiary/aromatic N) is 3. The van der Waals surface area contributed by atoms with E-state index in [-0.39, 0.29) is 11.6 Å². The maximum atomic E-state index is 12.0. The van der Waals surface area contributed by atoms with Crippen molar-refractivity contribution in [1.29, 1.82) is 0 Å². The van der Waals surface area contributed by atoms with Crippen molar-refractivity contribution in [3.8, 4) is 0 Å². The number of fused-ring (bicyclic) bond motifs is 1. The van der Waals surface area contributed by atoms with E-state index >= 15 is 0 Å². The van der Waals surface area contributed by atoms with Crippen LogP contribution in [0.4, 0.5) is 5.13 Å². The van der Waals surface area contributed by atoms with Crippen molar-refractivity contribution >= 4 is 22.4 Å². The number of nitrogens with one attached hydrogen (secondary N) is 2. The van der Waals surface area contributed by atoms with Gasteiger partial charge in [-0.15, -0.1) is 11.3 Å². The number of carbonyl (C=O) groups excluding carboxylic acids is 1. The minimum atomic E-state index is -0.288. The van der Waals surface area contributed by atoms with Crippen LogP contribution in [0.2, 0.25) is 0 Å². The lowest BCUT2D eigenvalue weighted by Gasteiger charge is -2.21. The van der Waals surface area contributed by atoms with Gasteiger partial charge in [0, 0.05) is 4.88 Å². The van der Waals surface area contributed by atoms with E-state index < -0.39 is 0 Å². The lowest BCUT2D eigenvalue weighted by Crippen LogP contribution is -2.12. The molecule has 6 nitrogen and oxygen atoms in total. The molecule has 1 aliphatic carbocycles. The zero-order valence-electron chi connectivity index (χ0n) is 12.3. The van der Waals surface area contributed by atoms with Gasteiger partial charge in [-0.05, 0) is 30.7 Å². The molecule has 4 rings (SSSR count). The van der Waals surface area contributed by atoms with E-state index in [0.29, 0.717) is 11.0 Å². The summed E-state index contributed by atoms with van der Waals surface area (Å²) < 4.78 is 0. The fourth-order valence-electron chi connectivity index (χ4n) is 2.91. The smallest absolute Gasteiger partial charge is 0.279 e. The number of aromatic amines is 1. The molecule has 2 N–H and O–H groups in total. The quantitative estimate of drug-likeness (QED) is 0.775. The van der Waals surface area contributed by atoms with Crippen molar-refractivity contribution in [2.45, 2.75) is 25.2 Å². The molecule has 0 saturated heterocycles. The number of amides is 1. The van der Waals surface area contributed by atoms with Crippen LogP contribution in [0.25, 0.3) is 0 Å². The zero-order valence-corrected chi connectivity index (χ0v) is 13.1. The molecule has 116 valence electrons. The third-order valence-electron chi connectivity index (χ3n) is 4.08. The van der Waals surface area contributed by atoms with Crippen molar-refractivity contribution in [2.75, 3.05) is 5.32 Å². The van der Waals surface area contributed by atoms with Crippen LogP contribution in [-0.2, 0) is 12.8 Å². The van der Waals surface area contributed by atoms with Crippen molar-refractivity contribution in [1.82, 2.24) is 20.4 Å². The van der Waals surface area contributed by atoms with Crippen LogP contribution in [0.3, 0.4) is 0 Å². The van der Waals surface area contributed by atoms with Crippen LogP contribution in [0.5, 0.6) is 0 Å². The topological polar surface area (TPSA) is 83.6 Å². The molecule has 1 atom stereocenters. The summed E-state index contributed by atoms with van der Waals surface area (Å²) in [4.78, 5) is 17.8. The van der Waals surface area contributed by atoms with Crippen LogP contribution in [0, 0.1) is 0 Å². The molecule has 1 amide bonds. The molecule has 1 aromatic carbocycles. The van der Waals surface area contributed by atoms with E-state index in [0.717, 1.165) is 25.0 Å². The highest BCUT2D eigenvalue weighted by Crippen LogP contribution is 2.36. The van der Waals surface area contributed by atoms with Gasteiger partial charge in [0.2, 0.25) is 0 Å². The van der Waals surface area contributed by atoms with Gasteiger partial charge in [-0.25, -0.2) is 4.98 Å². The number of anilines is 1. The Morgan fingerprint density at radius 1 is 1.30 bits per heavy atom. The number of thiazole rings is 1. The van der Waals surface area contributed by atoms with Gasteiger partial charge in [-0.2, -0.15) is 15.4 Å². The Morgan fingerprint density at radius 3 is 2.96 bits per heavy atom. The number of benzene rings is 1. The highest BCUT2D eigenvalue weighted by atomic mass is 32.1. The van der Waals surface area contributed by atoms with Crippen molar-refractivity contribution in [2.24, 2.45) is 0 Å². The lowest BCUT2D eigenvalue weighted by molar-refractivity contribution is 0.102. The number of hydrogen-bond acceptors (Lipinski definition) is 5. The number of rotatable bonds is 3. The molecule has 0 aliphatic heterocycles. The fourth-order valence-corrected chi connectivity index (χ4v) is 3.99. The zero-order chi connectivity index (χ0) is 15.6. The standard InChI is InChI=1S/C16H15N5OS/c22-15(13-9-17-21-20-13)19-16-18-12-7-6-11(8-14(12)23-16)10-4-2-1-3-5-10/h1-5,9,11H,6-8H2,(H,17,20,21)(H,18,19,22). The summed E-state index contributed by atoms with van der Waals surface area (Å²) in [5, 5.41) is 13.3. The number of H-pyrrole nitrogens is 1. The Hall–Kier alpha value is -2.54. The third kappa shape index (κ3) is 2.87. The fraction of sp³-hybridized carbons (Fsp3) is 0.250. The number of carbonyl (C=O) groups is 1. The van der Waals surface area contributed by atoms with E-state index in [9.17, 15) is 4.79 Å². The molecule has 0 saturated carbocycles. The van der Waals surface area contributed by atoms with E-state index in [4.69, 9.17) is 0 Å². The van der Waals surface area contributed by atoms with E-state index in [2.05, 4.69) is 50.0 Å². The van der Waals surface area contributed by atoms with Gasteiger partial charge < -0.3 is 0 Å². The molecule has 0 radical (unpaired) electrons. The first-order valence-corrected chi connectivity index (χ1v) is 8.32. The van der Waals surface area contributed by atoms with Gasteiger partial charge in [-0.3, -0.25) is 10.1 Å². The van der Waals surface area contributed by atoms with Crippen LogP contribution < -0.4 is 5.32 Å². The van der Waals surface area contributed by atoms with Gasteiger partial charge >= 0.3 is 0 Å². The van der Waals surface area contributed by atoms with E-state index in [1.165, 1.54) is 16.6 Å². The van der Waals surface area contributed by atoms with Crippen LogP contribution in [0.15, 0.2) is 36.5 Å². The summed E-state index contributed by atoms with van der Waals surface area (Å²) in [6.07, 6.45) is 4.42. The Kier molecular flexibility index (Phi) is 3.63. The van der Waals surface area contributed by atoms with Gasteiger partial charge in [0.25, 0.3) is 5.91 Å². The highest BCUT2D eigenvalue weighted by molar-refractivity contribution is 7.15. The average Bonchev–Trinajstić information content (AvgIpc) is 3.24. The first-order chi connectivity index (χ1) is 11.3. The molecular formula is C16H15N5OS. The molecule has 1 unspecified atom stereocenters. The average molecular weight is 325 g/mol. The second-order valence-corrected chi connectivity index (χ2v) is 6.63. The summed E-state index contributed by atoms with van der Waals surface area (Å²) in [5.41, 5.74) is 2.75. The Balaban J connectivity index is 1.50. The first kappa shape index (κ1) is 14.1. The Morgan fingerprint density at radius 2 is 2.17 bits per heavy atom. The third-order valence-corrected chi connectivity index (χ3v) is 5.11. The summed E-state index contributed by atoms with van der Waals surface area (Å²) in [6.45, 7) is 0. The van der Waals surface area contributed by atoms with Gasteiger partial charge in [-0.1, -0.05) is 30.3 Å². The van der Waals surface area contributed by atoms with Gasteiger partial charge in [0.05, 0.1) is 11.9 Å². The Labute approximate surface area is 137 Å². The number of aromatic nitrogens is 4. The molecule has 2 heterocycles. The first-order valence-electron chi connectivity index (χ1n) is 7.50. The maximum Gasteiger partial charge on any atom is 0.279 e. The Bertz CT molecular complexity index is 812. The van der Waals surface area contributed by atoms with Crippen LogP contribution >= 0.6 is 11.3 Å². The van der Waals surface area contributed by atoms with Crippen LogP contribution in [0.1, 0.15) is 39.0 Å². The van der Waals surface area contributed by atoms with Crippen molar-refractivity contribution in [3.05, 3.63) is 58.4 Å². The largest absolute Gasteiger partial charge is 0.296 e. The minimum absolute atomic E-state index is 0.264. The normalized spacial score (nSPS) is 16.8.